The molecule has 0 saturated heterocycles. The van der Waals surface area contributed by atoms with Gasteiger partial charge in [0, 0.05) is 6.07 Å². The van der Waals surface area contributed by atoms with Gasteiger partial charge in [-0.2, -0.15) is 0 Å². The van der Waals surface area contributed by atoms with Crippen molar-refractivity contribution in [3.63, 3.8) is 0 Å². The van der Waals surface area contributed by atoms with Gasteiger partial charge >= 0.3 is 11.6 Å². The van der Waals surface area contributed by atoms with Crippen LogP contribution in [0.5, 0.6) is 17.2 Å². The van der Waals surface area contributed by atoms with Gasteiger partial charge in [0.05, 0.1) is 18.6 Å². The van der Waals surface area contributed by atoms with Crippen LogP contribution in [0.3, 0.4) is 0 Å². The highest BCUT2D eigenvalue weighted by Crippen LogP contribution is 2.42. The lowest BCUT2D eigenvalue weighted by molar-refractivity contribution is -0.148. The van der Waals surface area contributed by atoms with E-state index < -0.39 is 23.6 Å². The van der Waals surface area contributed by atoms with Crippen LogP contribution in [-0.4, -0.2) is 29.4 Å². The summed E-state index contributed by atoms with van der Waals surface area (Å²) >= 11 is 0. The highest BCUT2D eigenvalue weighted by Gasteiger charge is 2.44. The number of carbonyl (C=O) groups is 1. The minimum absolute atomic E-state index is 0.177. The number of fused-ring (bicyclic) bond motifs is 1. The van der Waals surface area contributed by atoms with Gasteiger partial charge in [-0.1, -0.05) is 6.07 Å². The molecule has 7 nitrogen and oxygen atoms in total. The molecule has 1 aromatic carbocycles. The lowest BCUT2D eigenvalue weighted by Gasteiger charge is -2.17. The molecule has 0 saturated carbocycles. The summed E-state index contributed by atoms with van der Waals surface area (Å²) in [5, 5.41) is 19.1. The number of aromatic hydroxyl groups is 2. The number of phenols is 2. The molecule has 0 aliphatic carbocycles. The van der Waals surface area contributed by atoms with E-state index in [0.717, 1.165) is 0 Å². The van der Waals surface area contributed by atoms with Crippen molar-refractivity contribution in [2.45, 2.75) is 18.9 Å². The topological polar surface area (TPSA) is 106 Å². The number of esters is 1. The number of phenolic OH excluding ortho intramolecular Hbond substituents is 2. The Morgan fingerprint density at radius 3 is 2.61 bits per heavy atom. The summed E-state index contributed by atoms with van der Waals surface area (Å²) in [6, 6.07) is 5.56. The molecule has 2 N–H and O–H groups in total. The molecule has 2 unspecified atom stereocenters. The first-order valence-electron chi connectivity index (χ1n) is 6.83. The molecule has 0 spiro atoms. The molecular formula is C16H14O7. The SMILES string of the molecule is COC(=O)C1Oc2cc(C)oc(=O)c2C1c1ccc(O)c(O)c1. The van der Waals surface area contributed by atoms with Crippen molar-refractivity contribution in [1.82, 2.24) is 0 Å². The summed E-state index contributed by atoms with van der Waals surface area (Å²) in [5.74, 6) is -1.54. The maximum Gasteiger partial charge on any atom is 0.348 e. The Balaban J connectivity index is 2.20. The molecule has 23 heavy (non-hydrogen) atoms. The van der Waals surface area contributed by atoms with Crippen LogP contribution in [0.15, 0.2) is 33.5 Å². The minimum Gasteiger partial charge on any atom is -0.504 e. The summed E-state index contributed by atoms with van der Waals surface area (Å²) in [6.45, 7) is 1.60. The first-order valence-corrected chi connectivity index (χ1v) is 6.83. The van der Waals surface area contributed by atoms with Crippen LogP contribution in [0.25, 0.3) is 0 Å². The number of methoxy groups -OCH3 is 1. The zero-order valence-corrected chi connectivity index (χ0v) is 12.4. The Bertz CT molecular complexity index is 837. The van der Waals surface area contributed by atoms with E-state index in [2.05, 4.69) is 0 Å². The molecule has 2 aromatic rings. The van der Waals surface area contributed by atoms with Crippen molar-refractivity contribution in [2.75, 3.05) is 7.11 Å². The third-order valence-corrected chi connectivity index (χ3v) is 3.73. The summed E-state index contributed by atoms with van der Waals surface area (Å²) in [7, 11) is 1.22. The quantitative estimate of drug-likeness (QED) is 0.637. The van der Waals surface area contributed by atoms with Crippen LogP contribution < -0.4 is 10.4 Å². The van der Waals surface area contributed by atoms with Crippen molar-refractivity contribution >= 4 is 5.97 Å². The van der Waals surface area contributed by atoms with Gasteiger partial charge in [-0.15, -0.1) is 0 Å². The third-order valence-electron chi connectivity index (χ3n) is 3.73. The molecule has 7 heteroatoms. The van der Waals surface area contributed by atoms with Crippen LogP contribution >= 0.6 is 0 Å². The molecule has 1 aromatic heterocycles. The van der Waals surface area contributed by atoms with Gasteiger partial charge in [0.1, 0.15) is 11.5 Å². The number of aryl methyl sites for hydroxylation is 1. The molecule has 120 valence electrons. The van der Waals surface area contributed by atoms with Crippen molar-refractivity contribution in [2.24, 2.45) is 0 Å². The molecule has 1 aliphatic heterocycles. The molecule has 0 fully saturated rings. The monoisotopic (exact) mass is 318 g/mol. The fourth-order valence-corrected chi connectivity index (χ4v) is 2.70. The number of ether oxygens (including phenoxy) is 2. The van der Waals surface area contributed by atoms with Crippen molar-refractivity contribution in [3.05, 3.63) is 51.6 Å². The van der Waals surface area contributed by atoms with Gasteiger partial charge in [0.25, 0.3) is 0 Å². The van der Waals surface area contributed by atoms with E-state index in [0.29, 0.717) is 11.3 Å². The summed E-state index contributed by atoms with van der Waals surface area (Å²) in [6.07, 6.45) is -1.08. The Labute approximate surface area is 130 Å². The van der Waals surface area contributed by atoms with E-state index in [1.807, 2.05) is 0 Å². The zero-order valence-electron chi connectivity index (χ0n) is 12.4. The smallest absolute Gasteiger partial charge is 0.348 e. The zero-order chi connectivity index (χ0) is 16.7. The van der Waals surface area contributed by atoms with E-state index in [9.17, 15) is 19.8 Å². The van der Waals surface area contributed by atoms with Gasteiger partial charge in [0.2, 0.25) is 6.10 Å². The average Bonchev–Trinajstić information content (AvgIpc) is 2.88. The third kappa shape index (κ3) is 2.40. The Kier molecular flexibility index (Phi) is 3.48. The van der Waals surface area contributed by atoms with Gasteiger partial charge in [0.15, 0.2) is 11.5 Å². The van der Waals surface area contributed by atoms with Crippen LogP contribution in [0.1, 0.15) is 22.8 Å². The molecule has 0 radical (unpaired) electrons. The van der Waals surface area contributed by atoms with Gasteiger partial charge < -0.3 is 24.1 Å². The van der Waals surface area contributed by atoms with Crippen LogP contribution in [0, 0.1) is 6.92 Å². The van der Waals surface area contributed by atoms with Crippen molar-refractivity contribution in [1.29, 1.82) is 0 Å². The number of hydrogen-bond donors (Lipinski definition) is 2. The van der Waals surface area contributed by atoms with Gasteiger partial charge in [-0.05, 0) is 24.6 Å². The Hall–Kier alpha value is -2.96. The highest BCUT2D eigenvalue weighted by molar-refractivity contribution is 5.79. The van der Waals surface area contributed by atoms with Gasteiger partial charge in [-0.25, -0.2) is 9.59 Å². The second kappa shape index (κ2) is 5.35. The minimum atomic E-state index is -1.08. The average molecular weight is 318 g/mol. The number of carbonyl (C=O) groups excluding carboxylic acids is 1. The maximum atomic E-state index is 12.2. The van der Waals surface area contributed by atoms with E-state index in [1.165, 1.54) is 31.4 Å². The number of hydrogen-bond acceptors (Lipinski definition) is 7. The molecule has 3 rings (SSSR count). The second-order valence-electron chi connectivity index (χ2n) is 5.21. The standard InChI is InChI=1S/C16H14O7/c1-7-5-11-13(15(19)22-7)12(14(23-11)16(20)21-2)8-3-4-9(17)10(18)6-8/h3-6,12,14,17-18H,1-2H3. The summed E-state index contributed by atoms with van der Waals surface area (Å²) in [5.41, 5.74) is -0.0225. The molecular weight excluding hydrogens is 304 g/mol. The summed E-state index contributed by atoms with van der Waals surface area (Å²) in [4.78, 5) is 24.2. The van der Waals surface area contributed by atoms with Crippen molar-refractivity contribution < 1.29 is 28.9 Å². The van der Waals surface area contributed by atoms with Crippen LogP contribution in [0.2, 0.25) is 0 Å². The molecule has 0 amide bonds. The Morgan fingerprint density at radius 1 is 1.22 bits per heavy atom. The predicted molar refractivity (Wildman–Crippen MR) is 77.8 cm³/mol. The predicted octanol–water partition coefficient (Wildman–Crippen LogP) is 1.43. The first kappa shape index (κ1) is 15.0. The van der Waals surface area contributed by atoms with E-state index >= 15 is 0 Å². The highest BCUT2D eigenvalue weighted by atomic mass is 16.6. The number of benzene rings is 1. The molecule has 2 atom stereocenters. The second-order valence-corrected chi connectivity index (χ2v) is 5.21. The van der Waals surface area contributed by atoms with Crippen molar-refractivity contribution in [3.8, 4) is 17.2 Å². The van der Waals surface area contributed by atoms with E-state index in [4.69, 9.17) is 13.9 Å². The molecule has 2 heterocycles. The first-order chi connectivity index (χ1) is 10.9. The van der Waals surface area contributed by atoms with E-state index in [1.54, 1.807) is 6.92 Å². The molecule has 0 bridgehead atoms. The fourth-order valence-electron chi connectivity index (χ4n) is 2.70. The van der Waals surface area contributed by atoms with Crippen LogP contribution in [-0.2, 0) is 9.53 Å². The fraction of sp³-hybridized carbons (Fsp3) is 0.250. The Morgan fingerprint density at radius 2 is 1.96 bits per heavy atom. The normalized spacial score (nSPS) is 19.0. The lowest BCUT2D eigenvalue weighted by Crippen LogP contribution is -2.31. The van der Waals surface area contributed by atoms with E-state index in [-0.39, 0.29) is 22.8 Å². The van der Waals surface area contributed by atoms with Gasteiger partial charge in [-0.3, -0.25) is 0 Å². The van der Waals surface area contributed by atoms with Crippen LogP contribution in [0.4, 0.5) is 0 Å². The lowest BCUT2D eigenvalue weighted by atomic mass is 9.88. The molecule has 1 aliphatic rings. The maximum absolute atomic E-state index is 12.2. The number of rotatable bonds is 2. The largest absolute Gasteiger partial charge is 0.504 e. The summed E-state index contributed by atoms with van der Waals surface area (Å²) < 4.78 is 15.4.